The van der Waals surface area contributed by atoms with Crippen LogP contribution in [-0.2, 0) is 14.2 Å². The van der Waals surface area contributed by atoms with Gasteiger partial charge in [0.05, 0.1) is 19.8 Å². The van der Waals surface area contributed by atoms with Crippen molar-refractivity contribution in [2.45, 2.75) is 31.8 Å². The molecule has 0 aromatic heterocycles. The summed E-state index contributed by atoms with van der Waals surface area (Å²) in [6, 6.07) is 0.314. The molecule has 2 N–H and O–H groups in total. The van der Waals surface area contributed by atoms with Gasteiger partial charge in [-0.25, -0.2) is 0 Å². The van der Waals surface area contributed by atoms with Gasteiger partial charge in [0, 0.05) is 51.4 Å². The smallest absolute Gasteiger partial charge is 0.0615 e. The minimum absolute atomic E-state index is 0.0625. The summed E-state index contributed by atoms with van der Waals surface area (Å²) in [4.78, 5) is 2.43. The lowest BCUT2D eigenvalue weighted by atomic mass is 9.82. The van der Waals surface area contributed by atoms with Gasteiger partial charge in [0.1, 0.15) is 0 Å². The molecular formula is C14H30N2O3. The molecule has 1 aliphatic rings. The molecule has 1 aliphatic heterocycles. The number of rotatable bonds is 9. The van der Waals surface area contributed by atoms with Crippen molar-refractivity contribution in [3.05, 3.63) is 0 Å². The van der Waals surface area contributed by atoms with Crippen LogP contribution in [0.3, 0.4) is 0 Å². The van der Waals surface area contributed by atoms with Crippen molar-refractivity contribution < 1.29 is 14.2 Å². The molecule has 0 aliphatic carbocycles. The number of methoxy groups -OCH3 is 2. The highest BCUT2D eigenvalue weighted by Gasteiger charge is 2.42. The second-order valence-corrected chi connectivity index (χ2v) is 5.61. The molecule has 5 heteroatoms. The van der Waals surface area contributed by atoms with Crippen LogP contribution in [0.1, 0.15) is 20.3 Å². The summed E-state index contributed by atoms with van der Waals surface area (Å²) in [5.41, 5.74) is 6.05. The van der Waals surface area contributed by atoms with Crippen LogP contribution >= 0.6 is 0 Å². The molecule has 0 amide bonds. The van der Waals surface area contributed by atoms with Crippen molar-refractivity contribution in [3.63, 3.8) is 0 Å². The Morgan fingerprint density at radius 1 is 1.42 bits per heavy atom. The van der Waals surface area contributed by atoms with Crippen molar-refractivity contribution in [3.8, 4) is 0 Å². The van der Waals surface area contributed by atoms with Crippen LogP contribution in [0.15, 0.2) is 0 Å². The van der Waals surface area contributed by atoms with Crippen molar-refractivity contribution in [2.75, 3.05) is 53.7 Å². The van der Waals surface area contributed by atoms with Gasteiger partial charge in [0.2, 0.25) is 0 Å². The molecule has 114 valence electrons. The van der Waals surface area contributed by atoms with E-state index in [9.17, 15) is 0 Å². The van der Waals surface area contributed by atoms with Gasteiger partial charge >= 0.3 is 0 Å². The van der Waals surface area contributed by atoms with E-state index in [-0.39, 0.29) is 5.54 Å². The molecule has 0 aromatic rings. The first-order valence-electron chi connectivity index (χ1n) is 7.12. The van der Waals surface area contributed by atoms with Crippen LogP contribution in [0, 0.1) is 5.92 Å². The molecule has 3 atom stereocenters. The molecule has 0 saturated carbocycles. The van der Waals surface area contributed by atoms with Crippen LogP contribution < -0.4 is 5.73 Å². The molecule has 0 spiro atoms. The van der Waals surface area contributed by atoms with Gasteiger partial charge in [-0.3, -0.25) is 4.90 Å². The van der Waals surface area contributed by atoms with E-state index in [4.69, 9.17) is 19.9 Å². The molecule has 0 bridgehead atoms. The molecule has 1 fully saturated rings. The summed E-state index contributed by atoms with van der Waals surface area (Å²) in [6.45, 7) is 8.97. The first-order chi connectivity index (χ1) is 9.10. The zero-order valence-electron chi connectivity index (χ0n) is 12.9. The normalized spacial score (nSPS) is 24.6. The third-order valence-corrected chi connectivity index (χ3v) is 4.35. The Morgan fingerprint density at radius 2 is 2.16 bits per heavy atom. The summed E-state index contributed by atoms with van der Waals surface area (Å²) in [6.07, 6.45) is 1.08. The minimum atomic E-state index is -0.0625. The Morgan fingerprint density at radius 3 is 2.63 bits per heavy atom. The number of nitrogens with two attached hydrogens (primary N) is 1. The maximum atomic E-state index is 6.11. The van der Waals surface area contributed by atoms with E-state index in [0.717, 1.165) is 26.2 Å². The highest BCUT2D eigenvalue weighted by molar-refractivity contribution is 4.97. The third kappa shape index (κ3) is 4.13. The highest BCUT2D eigenvalue weighted by Crippen LogP contribution is 2.32. The van der Waals surface area contributed by atoms with Gasteiger partial charge in [-0.15, -0.1) is 0 Å². The molecule has 1 rings (SSSR count). The lowest BCUT2D eigenvalue weighted by Crippen LogP contribution is -2.61. The molecule has 0 radical (unpaired) electrons. The number of nitrogens with zero attached hydrogens (tertiary/aromatic N) is 1. The number of hydrogen-bond donors (Lipinski definition) is 1. The van der Waals surface area contributed by atoms with E-state index in [0.29, 0.717) is 31.7 Å². The fourth-order valence-electron chi connectivity index (χ4n) is 3.04. The van der Waals surface area contributed by atoms with Gasteiger partial charge < -0.3 is 19.9 Å². The van der Waals surface area contributed by atoms with Gasteiger partial charge in [-0.05, 0) is 20.3 Å². The van der Waals surface area contributed by atoms with Gasteiger partial charge in [0.15, 0.2) is 0 Å². The standard InChI is InChI=1S/C14H30N2O3/c1-12(9-18-4)16(6-8-17-3)14(2,11-15)13-5-7-19-10-13/h12-13H,5-11,15H2,1-4H3. The fraction of sp³-hybridized carbons (Fsp3) is 1.00. The Hall–Kier alpha value is -0.200. The molecule has 19 heavy (non-hydrogen) atoms. The highest BCUT2D eigenvalue weighted by atomic mass is 16.5. The van der Waals surface area contributed by atoms with Crippen molar-refractivity contribution >= 4 is 0 Å². The van der Waals surface area contributed by atoms with E-state index >= 15 is 0 Å². The molecular weight excluding hydrogens is 244 g/mol. The molecule has 5 nitrogen and oxygen atoms in total. The fourth-order valence-corrected chi connectivity index (χ4v) is 3.04. The van der Waals surface area contributed by atoms with E-state index in [2.05, 4.69) is 18.7 Å². The molecule has 3 unspecified atom stereocenters. The maximum absolute atomic E-state index is 6.11. The maximum Gasteiger partial charge on any atom is 0.0615 e. The Balaban J connectivity index is 2.83. The monoisotopic (exact) mass is 274 g/mol. The largest absolute Gasteiger partial charge is 0.383 e. The summed E-state index contributed by atoms with van der Waals surface area (Å²) in [5.74, 6) is 0.480. The first kappa shape index (κ1) is 16.9. The van der Waals surface area contributed by atoms with E-state index in [1.807, 2.05) is 0 Å². The Labute approximate surface area is 117 Å². The third-order valence-electron chi connectivity index (χ3n) is 4.35. The quantitative estimate of drug-likeness (QED) is 0.671. The zero-order chi connectivity index (χ0) is 14.3. The summed E-state index contributed by atoms with van der Waals surface area (Å²) in [5, 5.41) is 0. The van der Waals surface area contributed by atoms with E-state index in [1.54, 1.807) is 14.2 Å². The van der Waals surface area contributed by atoms with Crippen LogP contribution in [0.5, 0.6) is 0 Å². The molecule has 1 heterocycles. The lowest BCUT2D eigenvalue weighted by Gasteiger charge is -2.47. The summed E-state index contributed by atoms with van der Waals surface area (Å²) < 4.78 is 16.1. The average molecular weight is 274 g/mol. The number of hydrogen-bond acceptors (Lipinski definition) is 5. The summed E-state index contributed by atoms with van der Waals surface area (Å²) >= 11 is 0. The van der Waals surface area contributed by atoms with Crippen LogP contribution in [0.4, 0.5) is 0 Å². The second kappa shape index (κ2) is 8.17. The minimum Gasteiger partial charge on any atom is -0.383 e. The number of ether oxygens (including phenoxy) is 3. The van der Waals surface area contributed by atoms with Gasteiger partial charge in [0.25, 0.3) is 0 Å². The Kier molecular flexibility index (Phi) is 7.25. The topological polar surface area (TPSA) is 57.0 Å². The van der Waals surface area contributed by atoms with Crippen molar-refractivity contribution in [2.24, 2.45) is 11.7 Å². The zero-order valence-corrected chi connectivity index (χ0v) is 12.9. The summed E-state index contributed by atoms with van der Waals surface area (Å²) in [7, 11) is 3.47. The van der Waals surface area contributed by atoms with Crippen LogP contribution in [0.25, 0.3) is 0 Å². The van der Waals surface area contributed by atoms with Crippen molar-refractivity contribution in [1.82, 2.24) is 4.90 Å². The van der Waals surface area contributed by atoms with E-state index < -0.39 is 0 Å². The van der Waals surface area contributed by atoms with Gasteiger partial charge in [-0.1, -0.05) is 0 Å². The average Bonchev–Trinajstić information content (AvgIpc) is 2.93. The predicted octanol–water partition coefficient (Wildman–Crippen LogP) is 0.724. The van der Waals surface area contributed by atoms with Crippen LogP contribution in [-0.4, -0.2) is 70.2 Å². The van der Waals surface area contributed by atoms with Gasteiger partial charge in [-0.2, -0.15) is 0 Å². The lowest BCUT2D eigenvalue weighted by molar-refractivity contribution is -0.0233. The second-order valence-electron chi connectivity index (χ2n) is 5.61. The van der Waals surface area contributed by atoms with Crippen molar-refractivity contribution in [1.29, 1.82) is 0 Å². The predicted molar refractivity (Wildman–Crippen MR) is 76.3 cm³/mol. The van der Waals surface area contributed by atoms with Crippen LogP contribution in [0.2, 0.25) is 0 Å². The first-order valence-corrected chi connectivity index (χ1v) is 7.12. The SMILES string of the molecule is COCCN(C(C)COC)C(C)(CN)C1CCOC1. The molecule has 1 saturated heterocycles. The van der Waals surface area contributed by atoms with E-state index in [1.165, 1.54) is 0 Å². The Bertz CT molecular complexity index is 247. The molecule has 0 aromatic carbocycles.